The predicted octanol–water partition coefficient (Wildman–Crippen LogP) is 3.74. The molecular weight excluding hydrogens is 414 g/mol. The molecule has 0 heterocycles. The number of rotatable bonds is 7. The third-order valence-corrected chi connectivity index (χ3v) is 3.74. The molecule has 8 nitrogen and oxygen atoms in total. The number of nitro groups is 1. The first kappa shape index (κ1) is 22.6. The number of carbonyl (C=O) groups is 2. The normalized spacial score (nSPS) is 12.0. The highest BCUT2D eigenvalue weighted by Gasteiger charge is 2.33. The largest absolute Gasteiger partial charge is 0.454 e. The van der Waals surface area contributed by atoms with Crippen LogP contribution in [0.2, 0.25) is 0 Å². The second kappa shape index (κ2) is 9.20. The Bertz CT molecular complexity index is 965. The molecule has 0 saturated carbocycles. The molecule has 0 bridgehead atoms. The number of carbonyl (C=O) groups excluding carboxylic acids is 2. The molecule has 12 heteroatoms. The van der Waals surface area contributed by atoms with E-state index in [1.807, 2.05) is 0 Å². The highest BCUT2D eigenvalue weighted by molar-refractivity contribution is 5.93. The Labute approximate surface area is 167 Å². The monoisotopic (exact) mass is 429 g/mol. The molecule has 0 aromatic heterocycles. The molecule has 2 N–H and O–H groups in total. The van der Waals surface area contributed by atoms with Crippen LogP contribution < -0.4 is 10.6 Å². The molecule has 30 heavy (non-hydrogen) atoms. The number of nitro benzene ring substituents is 1. The summed E-state index contributed by atoms with van der Waals surface area (Å²) in [5.74, 6) is -2.53. The van der Waals surface area contributed by atoms with Crippen LogP contribution in [0.5, 0.6) is 0 Å². The lowest BCUT2D eigenvalue weighted by molar-refractivity contribution is -0.384. The molecular formula is C18H15F4N3O5. The quantitative estimate of drug-likeness (QED) is 0.300. The smallest absolute Gasteiger partial charge is 0.416 e. The van der Waals surface area contributed by atoms with Crippen molar-refractivity contribution in [3.8, 4) is 0 Å². The zero-order chi connectivity index (χ0) is 22.5. The van der Waals surface area contributed by atoms with Crippen LogP contribution >= 0.6 is 0 Å². The van der Waals surface area contributed by atoms with Gasteiger partial charge < -0.3 is 15.4 Å². The third-order valence-electron chi connectivity index (χ3n) is 3.74. The summed E-state index contributed by atoms with van der Waals surface area (Å²) < 4.78 is 56.4. The van der Waals surface area contributed by atoms with E-state index in [-0.39, 0.29) is 11.4 Å². The van der Waals surface area contributed by atoms with Gasteiger partial charge in [-0.15, -0.1) is 0 Å². The van der Waals surface area contributed by atoms with Crippen molar-refractivity contribution in [3.05, 3.63) is 64.0 Å². The minimum atomic E-state index is -4.78. The van der Waals surface area contributed by atoms with Crippen LogP contribution in [0, 0.1) is 15.9 Å². The van der Waals surface area contributed by atoms with Gasteiger partial charge in [-0.2, -0.15) is 13.2 Å². The van der Waals surface area contributed by atoms with Gasteiger partial charge in [0.25, 0.3) is 11.6 Å². The lowest BCUT2D eigenvalue weighted by atomic mass is 10.1. The summed E-state index contributed by atoms with van der Waals surface area (Å²) in [5.41, 5.74) is -2.57. The molecule has 1 atom stereocenters. The van der Waals surface area contributed by atoms with Crippen LogP contribution in [-0.4, -0.2) is 29.4 Å². The van der Waals surface area contributed by atoms with Crippen LogP contribution in [0.3, 0.4) is 0 Å². The number of esters is 1. The number of ether oxygens (including phenoxy) is 1. The molecule has 0 spiro atoms. The minimum Gasteiger partial charge on any atom is -0.454 e. The van der Waals surface area contributed by atoms with Crippen molar-refractivity contribution in [1.29, 1.82) is 0 Å². The molecule has 2 aromatic rings. The van der Waals surface area contributed by atoms with E-state index in [0.717, 1.165) is 12.1 Å². The summed E-state index contributed by atoms with van der Waals surface area (Å²) in [7, 11) is 0. The van der Waals surface area contributed by atoms with E-state index >= 15 is 0 Å². The number of halogens is 4. The molecule has 0 aliphatic rings. The topological polar surface area (TPSA) is 111 Å². The number of benzene rings is 2. The highest BCUT2D eigenvalue weighted by Crippen LogP contribution is 2.35. The molecule has 0 aliphatic heterocycles. The number of hydrogen-bond acceptors (Lipinski definition) is 6. The summed E-state index contributed by atoms with van der Waals surface area (Å²) >= 11 is 0. The van der Waals surface area contributed by atoms with Gasteiger partial charge in [-0.05, 0) is 31.2 Å². The van der Waals surface area contributed by atoms with Crippen molar-refractivity contribution in [2.24, 2.45) is 0 Å². The lowest BCUT2D eigenvalue weighted by Crippen LogP contribution is -2.31. The summed E-state index contributed by atoms with van der Waals surface area (Å²) in [6.07, 6.45) is -4.78. The first-order valence-corrected chi connectivity index (χ1v) is 8.32. The Kier molecular flexibility index (Phi) is 6.93. The van der Waals surface area contributed by atoms with Gasteiger partial charge in [0.15, 0.2) is 6.61 Å². The number of para-hydroxylation sites is 1. The zero-order valence-corrected chi connectivity index (χ0v) is 15.3. The number of nitrogens with zero attached hydrogens (tertiary/aromatic N) is 1. The van der Waals surface area contributed by atoms with E-state index in [1.54, 1.807) is 0 Å². The lowest BCUT2D eigenvalue weighted by Gasteiger charge is -2.15. The van der Waals surface area contributed by atoms with Crippen molar-refractivity contribution in [2.75, 3.05) is 17.2 Å². The van der Waals surface area contributed by atoms with Crippen molar-refractivity contribution in [2.45, 2.75) is 19.1 Å². The summed E-state index contributed by atoms with van der Waals surface area (Å²) in [4.78, 5) is 33.8. The maximum Gasteiger partial charge on any atom is 0.416 e. The predicted molar refractivity (Wildman–Crippen MR) is 97.2 cm³/mol. The summed E-state index contributed by atoms with van der Waals surface area (Å²) in [6.45, 7) is 0.465. The Balaban J connectivity index is 1.99. The van der Waals surface area contributed by atoms with Gasteiger partial charge >= 0.3 is 12.1 Å². The van der Waals surface area contributed by atoms with Crippen molar-refractivity contribution >= 4 is 28.9 Å². The van der Waals surface area contributed by atoms with E-state index in [1.165, 1.54) is 25.1 Å². The maximum atomic E-state index is 13.5. The first-order chi connectivity index (χ1) is 14.0. The van der Waals surface area contributed by atoms with Crippen molar-refractivity contribution in [1.82, 2.24) is 0 Å². The molecule has 160 valence electrons. The average Bonchev–Trinajstić information content (AvgIpc) is 2.67. The van der Waals surface area contributed by atoms with Gasteiger partial charge in [0.1, 0.15) is 17.5 Å². The Hall–Kier alpha value is -3.70. The average molecular weight is 429 g/mol. The standard InChI is InChI=1S/C18H15F4N3O5/c1-10(17(27)30-9-16(26)24-13-5-3-2-4-12(13)19)23-14-7-6-11(18(20,21)22)8-15(14)25(28)29/h2-8,10,23H,9H2,1H3,(H,24,26). The fraction of sp³-hybridized carbons (Fsp3) is 0.222. The molecule has 0 saturated heterocycles. The molecule has 2 rings (SSSR count). The van der Waals surface area contributed by atoms with E-state index in [4.69, 9.17) is 4.74 Å². The SMILES string of the molecule is CC(Nc1ccc(C(F)(F)F)cc1[N+](=O)[O-])C(=O)OCC(=O)Nc1ccccc1F. The Morgan fingerprint density at radius 1 is 1.17 bits per heavy atom. The summed E-state index contributed by atoms with van der Waals surface area (Å²) in [5, 5.41) is 15.6. The van der Waals surface area contributed by atoms with E-state index in [0.29, 0.717) is 12.1 Å². The highest BCUT2D eigenvalue weighted by atomic mass is 19.4. The van der Waals surface area contributed by atoms with Gasteiger partial charge in [-0.3, -0.25) is 14.9 Å². The van der Waals surface area contributed by atoms with Crippen molar-refractivity contribution in [3.63, 3.8) is 0 Å². The van der Waals surface area contributed by atoms with Crippen molar-refractivity contribution < 1.29 is 36.8 Å². The Morgan fingerprint density at radius 3 is 2.43 bits per heavy atom. The molecule has 2 aromatic carbocycles. The molecule has 1 unspecified atom stereocenters. The number of amides is 1. The van der Waals surface area contributed by atoms with Gasteiger partial charge in [0, 0.05) is 6.07 Å². The van der Waals surface area contributed by atoms with Crippen LogP contribution in [0.4, 0.5) is 34.6 Å². The van der Waals surface area contributed by atoms with E-state index in [9.17, 15) is 37.3 Å². The van der Waals surface area contributed by atoms with Crippen LogP contribution in [0.25, 0.3) is 0 Å². The minimum absolute atomic E-state index is 0.120. The van der Waals surface area contributed by atoms with Gasteiger partial charge in [-0.25, -0.2) is 9.18 Å². The van der Waals surface area contributed by atoms with Gasteiger partial charge in [0.2, 0.25) is 0 Å². The number of nitrogens with one attached hydrogen (secondary N) is 2. The number of hydrogen-bond donors (Lipinski definition) is 2. The number of alkyl halides is 3. The van der Waals surface area contributed by atoms with Crippen LogP contribution in [0.15, 0.2) is 42.5 Å². The fourth-order valence-corrected chi connectivity index (χ4v) is 2.28. The Morgan fingerprint density at radius 2 is 1.83 bits per heavy atom. The molecule has 0 fully saturated rings. The number of anilines is 2. The summed E-state index contributed by atoms with van der Waals surface area (Å²) in [6, 6.07) is 5.84. The second-order valence-electron chi connectivity index (χ2n) is 5.99. The first-order valence-electron chi connectivity index (χ1n) is 8.32. The van der Waals surface area contributed by atoms with E-state index in [2.05, 4.69) is 10.6 Å². The van der Waals surface area contributed by atoms with Gasteiger partial charge in [0.05, 0.1) is 16.2 Å². The second-order valence-corrected chi connectivity index (χ2v) is 5.99. The zero-order valence-electron chi connectivity index (χ0n) is 15.3. The van der Waals surface area contributed by atoms with E-state index < -0.39 is 52.7 Å². The maximum absolute atomic E-state index is 13.5. The molecule has 1 amide bonds. The fourth-order valence-electron chi connectivity index (χ4n) is 2.28. The van der Waals surface area contributed by atoms with Crippen LogP contribution in [0.1, 0.15) is 12.5 Å². The third kappa shape index (κ3) is 5.90. The van der Waals surface area contributed by atoms with Gasteiger partial charge in [-0.1, -0.05) is 12.1 Å². The van der Waals surface area contributed by atoms with Crippen LogP contribution in [-0.2, 0) is 20.5 Å². The molecule has 0 aliphatic carbocycles. The molecule has 0 radical (unpaired) electrons.